The van der Waals surface area contributed by atoms with E-state index < -0.39 is 23.3 Å². The van der Waals surface area contributed by atoms with Gasteiger partial charge in [0.2, 0.25) is 11.3 Å². The number of hydrogen-bond donors (Lipinski definition) is 2. The van der Waals surface area contributed by atoms with E-state index in [2.05, 4.69) is 60.1 Å². The number of aliphatic carboxylic acids is 1. The Hall–Kier alpha value is -3.22. The number of hydrogen-bond acceptors (Lipinski definition) is 4. The Morgan fingerprint density at radius 1 is 1.03 bits per heavy atom. The molecule has 1 heterocycles. The second-order valence-corrected chi connectivity index (χ2v) is 9.76. The number of piperazine rings is 1. The van der Waals surface area contributed by atoms with Gasteiger partial charge in [-0.25, -0.2) is 9.22 Å². The molecule has 2 N–H and O–H groups in total. The van der Waals surface area contributed by atoms with Gasteiger partial charge in [0.1, 0.15) is 0 Å². The highest BCUT2D eigenvalue weighted by molar-refractivity contribution is 7.76. The maximum atomic E-state index is 11.8. The number of hydrazine groups is 1. The SMILES string of the molecule is CCc1cccc2ccc(C#Cc3ccc(N4CCN(N(C(C)CC(=O)O)S(=O)O)CC4)cc3)cc12. The third-order valence-corrected chi connectivity index (χ3v) is 7.39. The van der Waals surface area contributed by atoms with Crippen LogP contribution in [0.4, 0.5) is 5.69 Å². The van der Waals surface area contributed by atoms with Crippen molar-refractivity contribution in [2.75, 3.05) is 31.1 Å². The first-order valence-corrected chi connectivity index (χ1v) is 13.2. The highest BCUT2D eigenvalue weighted by Gasteiger charge is 2.30. The highest BCUT2D eigenvalue weighted by atomic mass is 32.2. The van der Waals surface area contributed by atoms with Crippen LogP contribution in [0.15, 0.2) is 60.7 Å². The average molecular weight is 506 g/mol. The summed E-state index contributed by atoms with van der Waals surface area (Å²) in [6.45, 7) is 6.19. The van der Waals surface area contributed by atoms with Crippen molar-refractivity contribution in [3.8, 4) is 11.8 Å². The summed E-state index contributed by atoms with van der Waals surface area (Å²) >= 11 is -2.27. The van der Waals surface area contributed by atoms with Gasteiger partial charge < -0.3 is 10.0 Å². The standard InChI is InChI=1S/C28H31N3O4S/c1-3-24-5-4-6-25-12-9-23(20-27(24)25)8-7-22-10-13-26(14-11-22)29-15-17-30(18-16-29)31(36(34)35)21(2)19-28(32)33/h4-6,9-14,20-21H,3,15-19H2,1-2H3,(H,32,33)(H,34,35). The van der Waals surface area contributed by atoms with Gasteiger partial charge in [0.25, 0.3) is 0 Å². The highest BCUT2D eigenvalue weighted by Crippen LogP contribution is 2.22. The molecule has 188 valence electrons. The van der Waals surface area contributed by atoms with Crippen molar-refractivity contribution in [3.05, 3.63) is 77.4 Å². The molecule has 0 radical (unpaired) electrons. The number of carboxylic acid groups (broad SMARTS) is 1. The van der Waals surface area contributed by atoms with E-state index in [-0.39, 0.29) is 6.42 Å². The van der Waals surface area contributed by atoms with Gasteiger partial charge in [-0.15, -0.1) is 4.41 Å². The smallest absolute Gasteiger partial charge is 0.305 e. The lowest BCUT2D eigenvalue weighted by atomic mass is 10.0. The van der Waals surface area contributed by atoms with Gasteiger partial charge in [0, 0.05) is 49.0 Å². The third-order valence-electron chi connectivity index (χ3n) is 6.48. The molecule has 0 amide bonds. The Labute approximate surface area is 214 Å². The van der Waals surface area contributed by atoms with Crippen molar-refractivity contribution in [2.24, 2.45) is 0 Å². The van der Waals surface area contributed by atoms with Gasteiger partial charge in [0.15, 0.2) is 0 Å². The van der Waals surface area contributed by atoms with E-state index in [0.717, 1.165) is 23.2 Å². The molecule has 4 rings (SSSR count). The predicted molar refractivity (Wildman–Crippen MR) is 144 cm³/mol. The molecule has 0 saturated carbocycles. The Morgan fingerprint density at radius 3 is 2.33 bits per heavy atom. The average Bonchev–Trinajstić information content (AvgIpc) is 2.87. The van der Waals surface area contributed by atoms with E-state index in [1.165, 1.54) is 20.8 Å². The van der Waals surface area contributed by atoms with Crippen molar-refractivity contribution >= 4 is 33.7 Å². The number of aryl methyl sites for hydroxylation is 1. The van der Waals surface area contributed by atoms with Crippen molar-refractivity contribution in [2.45, 2.75) is 32.7 Å². The minimum atomic E-state index is -2.27. The summed E-state index contributed by atoms with van der Waals surface area (Å²) < 4.78 is 22.8. The molecule has 0 aromatic heterocycles. The van der Waals surface area contributed by atoms with Gasteiger partial charge in [0.05, 0.1) is 6.42 Å². The third kappa shape index (κ3) is 6.12. The number of nitrogens with zero attached hydrogens (tertiary/aromatic N) is 3. The van der Waals surface area contributed by atoms with Gasteiger partial charge in [-0.05, 0) is 66.1 Å². The molecule has 2 unspecified atom stereocenters. The molecule has 0 aliphatic carbocycles. The maximum Gasteiger partial charge on any atom is 0.305 e. The second-order valence-electron chi connectivity index (χ2n) is 8.92. The zero-order valence-electron chi connectivity index (χ0n) is 20.6. The molecular formula is C28H31N3O4S. The summed E-state index contributed by atoms with van der Waals surface area (Å²) in [6, 6.07) is 20.3. The quantitative estimate of drug-likeness (QED) is 0.371. The molecule has 0 bridgehead atoms. The Balaban J connectivity index is 1.40. The van der Waals surface area contributed by atoms with Crippen molar-refractivity contribution in [1.82, 2.24) is 9.42 Å². The summed E-state index contributed by atoms with van der Waals surface area (Å²) in [5.74, 6) is 5.55. The van der Waals surface area contributed by atoms with E-state index in [1.807, 2.05) is 24.3 Å². The molecule has 8 heteroatoms. The number of anilines is 1. The number of carbonyl (C=O) groups is 1. The zero-order chi connectivity index (χ0) is 25.7. The molecule has 1 aliphatic heterocycles. The first-order chi connectivity index (χ1) is 17.4. The van der Waals surface area contributed by atoms with Crippen LogP contribution in [0.25, 0.3) is 10.8 Å². The Kier molecular flexibility index (Phi) is 8.39. The van der Waals surface area contributed by atoms with Crippen LogP contribution in [-0.2, 0) is 22.5 Å². The van der Waals surface area contributed by atoms with Gasteiger partial charge in [-0.3, -0.25) is 9.35 Å². The van der Waals surface area contributed by atoms with E-state index in [4.69, 9.17) is 5.11 Å². The lowest BCUT2D eigenvalue weighted by Crippen LogP contribution is -2.57. The van der Waals surface area contributed by atoms with Gasteiger partial charge >= 0.3 is 5.97 Å². The minimum Gasteiger partial charge on any atom is -0.481 e. The molecule has 3 aromatic rings. The van der Waals surface area contributed by atoms with E-state index >= 15 is 0 Å². The van der Waals surface area contributed by atoms with Crippen LogP contribution in [0, 0.1) is 11.8 Å². The second kappa shape index (κ2) is 11.7. The summed E-state index contributed by atoms with van der Waals surface area (Å²) in [5.41, 5.74) is 4.32. The number of rotatable bonds is 7. The molecule has 7 nitrogen and oxygen atoms in total. The summed E-state index contributed by atoms with van der Waals surface area (Å²) in [7, 11) is 0. The van der Waals surface area contributed by atoms with Gasteiger partial charge in [-0.2, -0.15) is 0 Å². The Bertz CT molecular complexity index is 1310. The fraction of sp³-hybridized carbons (Fsp3) is 0.321. The summed E-state index contributed by atoms with van der Waals surface area (Å²) in [4.78, 5) is 13.3. The van der Waals surface area contributed by atoms with E-state index in [9.17, 15) is 13.6 Å². The van der Waals surface area contributed by atoms with Crippen LogP contribution >= 0.6 is 0 Å². The molecule has 0 spiro atoms. The molecular weight excluding hydrogens is 474 g/mol. The maximum absolute atomic E-state index is 11.8. The number of benzene rings is 3. The van der Waals surface area contributed by atoms with Crippen molar-refractivity contribution in [1.29, 1.82) is 0 Å². The molecule has 3 aromatic carbocycles. The summed E-state index contributed by atoms with van der Waals surface area (Å²) in [5, 5.41) is 13.3. The van der Waals surface area contributed by atoms with Crippen LogP contribution in [0.5, 0.6) is 0 Å². The fourth-order valence-corrected chi connectivity index (χ4v) is 5.38. The van der Waals surface area contributed by atoms with Crippen molar-refractivity contribution in [3.63, 3.8) is 0 Å². The van der Waals surface area contributed by atoms with Crippen molar-refractivity contribution < 1.29 is 18.7 Å². The number of fused-ring (bicyclic) bond motifs is 1. The van der Waals surface area contributed by atoms with Crippen LogP contribution in [0.1, 0.15) is 37.0 Å². The molecule has 2 atom stereocenters. The Morgan fingerprint density at radius 2 is 1.69 bits per heavy atom. The van der Waals surface area contributed by atoms with Crippen LogP contribution in [0.3, 0.4) is 0 Å². The van der Waals surface area contributed by atoms with Gasteiger partial charge in [-0.1, -0.05) is 43.0 Å². The lowest BCUT2D eigenvalue weighted by molar-refractivity contribution is -0.139. The molecule has 36 heavy (non-hydrogen) atoms. The molecule has 1 fully saturated rings. The van der Waals surface area contributed by atoms with Crippen LogP contribution in [-0.4, -0.2) is 61.5 Å². The lowest BCUT2D eigenvalue weighted by Gasteiger charge is -2.41. The summed E-state index contributed by atoms with van der Waals surface area (Å²) in [6.07, 6.45) is 0.787. The fourth-order valence-electron chi connectivity index (χ4n) is 4.64. The van der Waals surface area contributed by atoms with E-state index in [1.54, 1.807) is 11.9 Å². The largest absolute Gasteiger partial charge is 0.481 e. The predicted octanol–water partition coefficient (Wildman–Crippen LogP) is 4.14. The monoisotopic (exact) mass is 505 g/mol. The van der Waals surface area contributed by atoms with E-state index in [0.29, 0.717) is 26.2 Å². The number of carboxylic acids is 1. The zero-order valence-corrected chi connectivity index (χ0v) is 21.4. The van der Waals surface area contributed by atoms with Crippen LogP contribution < -0.4 is 4.90 Å². The first kappa shape index (κ1) is 25.9. The van der Waals surface area contributed by atoms with Crippen LogP contribution in [0.2, 0.25) is 0 Å². The normalized spacial score (nSPS) is 15.9. The molecule has 1 aliphatic rings. The minimum absolute atomic E-state index is 0.200. The first-order valence-electron chi connectivity index (χ1n) is 12.1. The molecule has 1 saturated heterocycles. The topological polar surface area (TPSA) is 84.3 Å².